The van der Waals surface area contributed by atoms with Gasteiger partial charge >= 0.3 is 0 Å². The van der Waals surface area contributed by atoms with Crippen LogP contribution in [0.3, 0.4) is 0 Å². The lowest BCUT2D eigenvalue weighted by Gasteiger charge is -2.26. The van der Waals surface area contributed by atoms with Gasteiger partial charge in [0.25, 0.3) is 0 Å². The average molecular weight is 399 g/mol. The second-order valence-corrected chi connectivity index (χ2v) is 8.04. The van der Waals surface area contributed by atoms with E-state index in [9.17, 15) is 8.42 Å². The second-order valence-electron chi connectivity index (χ2n) is 5.87. The largest absolute Gasteiger partial charge is 0.493 e. The van der Waals surface area contributed by atoms with E-state index in [2.05, 4.69) is 4.72 Å². The molecule has 0 radical (unpaired) electrons. The molecule has 142 valence electrons. The normalized spacial score (nSPS) is 12.8. The Morgan fingerprint density at radius 3 is 2.31 bits per heavy atom. The highest BCUT2D eigenvalue weighted by molar-refractivity contribution is 7.89. The number of nitrogens with one attached hydrogen (secondary N) is 1. The minimum atomic E-state index is -3.72. The Labute approximate surface area is 159 Å². The van der Waals surface area contributed by atoms with Crippen LogP contribution in [-0.2, 0) is 10.0 Å². The molecule has 0 bridgehead atoms. The standard InChI is InChI=1S/C18H23ClN2O4S/c1-21(2)16(14-7-5-6-8-15(14)19)12-20-26(22,23)13-9-10-17(24-3)18(11-13)25-4/h5-11,16,20H,12H2,1-4H3. The summed E-state index contributed by atoms with van der Waals surface area (Å²) in [5.41, 5.74) is 0.856. The van der Waals surface area contributed by atoms with Crippen molar-refractivity contribution in [2.75, 3.05) is 34.9 Å². The first-order chi connectivity index (χ1) is 12.3. The van der Waals surface area contributed by atoms with Crippen molar-refractivity contribution in [3.8, 4) is 11.5 Å². The molecular formula is C18H23ClN2O4S. The molecule has 6 nitrogen and oxygen atoms in total. The first-order valence-corrected chi connectivity index (χ1v) is 9.78. The summed E-state index contributed by atoms with van der Waals surface area (Å²) in [6, 6.07) is 11.6. The van der Waals surface area contributed by atoms with Crippen molar-refractivity contribution in [2.24, 2.45) is 0 Å². The number of hydrogen-bond acceptors (Lipinski definition) is 5. The number of methoxy groups -OCH3 is 2. The monoisotopic (exact) mass is 398 g/mol. The van der Waals surface area contributed by atoms with E-state index in [-0.39, 0.29) is 17.5 Å². The van der Waals surface area contributed by atoms with Gasteiger partial charge in [0, 0.05) is 23.7 Å². The van der Waals surface area contributed by atoms with Crippen LogP contribution in [0.4, 0.5) is 0 Å². The van der Waals surface area contributed by atoms with Crippen LogP contribution in [-0.4, -0.2) is 48.2 Å². The highest BCUT2D eigenvalue weighted by Gasteiger charge is 2.22. The molecule has 0 amide bonds. The predicted molar refractivity (Wildman–Crippen MR) is 103 cm³/mol. The summed E-state index contributed by atoms with van der Waals surface area (Å²) in [7, 11) is 2.98. The summed E-state index contributed by atoms with van der Waals surface area (Å²) >= 11 is 6.27. The second kappa shape index (κ2) is 8.73. The fourth-order valence-electron chi connectivity index (χ4n) is 2.57. The van der Waals surface area contributed by atoms with Crippen LogP contribution in [0.15, 0.2) is 47.4 Å². The van der Waals surface area contributed by atoms with E-state index < -0.39 is 10.0 Å². The zero-order valence-electron chi connectivity index (χ0n) is 15.2. The minimum Gasteiger partial charge on any atom is -0.493 e. The van der Waals surface area contributed by atoms with Crippen LogP contribution in [0.2, 0.25) is 5.02 Å². The van der Waals surface area contributed by atoms with Crippen molar-refractivity contribution < 1.29 is 17.9 Å². The molecule has 0 aliphatic rings. The molecule has 0 saturated heterocycles. The van der Waals surface area contributed by atoms with Crippen molar-refractivity contribution in [2.45, 2.75) is 10.9 Å². The highest BCUT2D eigenvalue weighted by atomic mass is 35.5. The van der Waals surface area contributed by atoms with Gasteiger partial charge in [-0.2, -0.15) is 0 Å². The molecule has 1 unspecified atom stereocenters. The lowest BCUT2D eigenvalue weighted by molar-refractivity contribution is 0.299. The number of hydrogen-bond donors (Lipinski definition) is 1. The van der Waals surface area contributed by atoms with Gasteiger partial charge in [-0.15, -0.1) is 0 Å². The highest BCUT2D eigenvalue weighted by Crippen LogP contribution is 2.30. The van der Waals surface area contributed by atoms with Crippen LogP contribution in [0, 0.1) is 0 Å². The number of ether oxygens (including phenoxy) is 2. The summed E-state index contributed by atoms with van der Waals surface area (Å²) in [5.74, 6) is 0.819. The maximum absolute atomic E-state index is 12.7. The molecule has 1 atom stereocenters. The number of sulfonamides is 1. The number of likely N-dealkylation sites (N-methyl/N-ethyl adjacent to an activating group) is 1. The molecule has 0 saturated carbocycles. The molecule has 0 heterocycles. The van der Waals surface area contributed by atoms with Crippen molar-refractivity contribution in [1.29, 1.82) is 0 Å². The van der Waals surface area contributed by atoms with Gasteiger partial charge in [-0.3, -0.25) is 0 Å². The van der Waals surface area contributed by atoms with Crippen molar-refractivity contribution in [3.63, 3.8) is 0 Å². The van der Waals surface area contributed by atoms with E-state index in [1.807, 2.05) is 37.2 Å². The van der Waals surface area contributed by atoms with Crippen LogP contribution in [0.5, 0.6) is 11.5 Å². The van der Waals surface area contributed by atoms with Gasteiger partial charge in [-0.1, -0.05) is 29.8 Å². The smallest absolute Gasteiger partial charge is 0.240 e. The van der Waals surface area contributed by atoms with Gasteiger partial charge in [0.15, 0.2) is 11.5 Å². The van der Waals surface area contributed by atoms with Gasteiger partial charge in [-0.05, 0) is 37.9 Å². The van der Waals surface area contributed by atoms with E-state index >= 15 is 0 Å². The molecule has 8 heteroatoms. The number of halogens is 1. The molecule has 0 aliphatic carbocycles. The van der Waals surface area contributed by atoms with Gasteiger partial charge in [-0.25, -0.2) is 13.1 Å². The third-order valence-corrected chi connectivity index (χ3v) is 5.79. The van der Waals surface area contributed by atoms with Gasteiger partial charge in [0.05, 0.1) is 19.1 Å². The van der Waals surface area contributed by atoms with Crippen LogP contribution in [0.25, 0.3) is 0 Å². The molecule has 1 N–H and O–H groups in total. The lowest BCUT2D eigenvalue weighted by Crippen LogP contribution is -2.34. The summed E-state index contributed by atoms with van der Waals surface area (Å²) < 4.78 is 38.3. The Kier molecular flexibility index (Phi) is 6.88. The summed E-state index contributed by atoms with van der Waals surface area (Å²) in [5, 5.41) is 0.594. The summed E-state index contributed by atoms with van der Waals surface area (Å²) in [6.45, 7) is 0.174. The van der Waals surface area contributed by atoms with E-state index in [1.165, 1.54) is 26.4 Å². The summed E-state index contributed by atoms with van der Waals surface area (Å²) in [6.07, 6.45) is 0. The molecule has 2 aromatic carbocycles. The van der Waals surface area contributed by atoms with E-state index in [0.717, 1.165) is 5.56 Å². The molecule has 2 aromatic rings. The molecule has 2 rings (SSSR count). The fourth-order valence-corrected chi connectivity index (χ4v) is 3.89. The van der Waals surface area contributed by atoms with Gasteiger partial charge in [0.2, 0.25) is 10.0 Å². The lowest BCUT2D eigenvalue weighted by atomic mass is 10.1. The zero-order valence-corrected chi connectivity index (χ0v) is 16.8. The maximum atomic E-state index is 12.7. The third kappa shape index (κ3) is 4.67. The Morgan fingerprint density at radius 1 is 1.08 bits per heavy atom. The Bertz CT molecular complexity index is 856. The SMILES string of the molecule is COc1ccc(S(=O)(=O)NCC(c2ccccc2Cl)N(C)C)cc1OC. The Hall–Kier alpha value is -1.80. The third-order valence-electron chi connectivity index (χ3n) is 4.02. The molecular weight excluding hydrogens is 376 g/mol. The number of nitrogens with zero attached hydrogens (tertiary/aromatic N) is 1. The topological polar surface area (TPSA) is 67.9 Å². The van der Waals surface area contributed by atoms with Gasteiger partial charge in [0.1, 0.15) is 0 Å². The van der Waals surface area contributed by atoms with Crippen molar-refractivity contribution in [3.05, 3.63) is 53.1 Å². The minimum absolute atomic E-state index is 0.104. The average Bonchev–Trinajstić information content (AvgIpc) is 2.62. The maximum Gasteiger partial charge on any atom is 0.240 e. The van der Waals surface area contributed by atoms with Crippen LogP contribution < -0.4 is 14.2 Å². The predicted octanol–water partition coefficient (Wildman–Crippen LogP) is 2.94. The number of benzene rings is 2. The first-order valence-electron chi connectivity index (χ1n) is 7.92. The fraction of sp³-hybridized carbons (Fsp3) is 0.333. The zero-order chi connectivity index (χ0) is 19.3. The molecule has 26 heavy (non-hydrogen) atoms. The Morgan fingerprint density at radius 2 is 1.73 bits per heavy atom. The molecule has 0 aliphatic heterocycles. The van der Waals surface area contributed by atoms with Crippen molar-refractivity contribution in [1.82, 2.24) is 9.62 Å². The van der Waals surface area contributed by atoms with Gasteiger partial charge < -0.3 is 14.4 Å². The molecule has 0 aromatic heterocycles. The van der Waals surface area contributed by atoms with E-state index in [4.69, 9.17) is 21.1 Å². The summed E-state index contributed by atoms with van der Waals surface area (Å²) in [4.78, 5) is 2.02. The van der Waals surface area contributed by atoms with E-state index in [0.29, 0.717) is 16.5 Å². The first kappa shape index (κ1) is 20.5. The number of rotatable bonds is 8. The van der Waals surface area contributed by atoms with E-state index in [1.54, 1.807) is 12.1 Å². The van der Waals surface area contributed by atoms with Crippen LogP contribution >= 0.6 is 11.6 Å². The quantitative estimate of drug-likeness (QED) is 0.740. The Balaban J connectivity index is 2.24. The molecule has 0 spiro atoms. The molecule has 0 fully saturated rings. The van der Waals surface area contributed by atoms with Crippen molar-refractivity contribution >= 4 is 21.6 Å². The van der Waals surface area contributed by atoms with Crippen LogP contribution in [0.1, 0.15) is 11.6 Å².